The second kappa shape index (κ2) is 5.78. The molecule has 1 aromatic carbocycles. The standard InChI is InChI=1S/C17H24N4/c1-2-6-14(5-1)21-16-8-4-3-7-15(16)19-17(21)13-20-11-9-18-10-12-20/h3-4,7-8,14,18H,1-2,5-6,9-13H2. The van der Waals surface area contributed by atoms with E-state index in [-0.39, 0.29) is 0 Å². The van der Waals surface area contributed by atoms with Crippen LogP contribution in [-0.2, 0) is 6.54 Å². The number of hydrogen-bond donors (Lipinski definition) is 1. The number of nitrogens with one attached hydrogen (secondary N) is 1. The molecule has 1 saturated heterocycles. The van der Waals surface area contributed by atoms with E-state index in [1.54, 1.807) is 0 Å². The molecular weight excluding hydrogens is 260 g/mol. The van der Waals surface area contributed by atoms with Crippen LogP contribution in [0.1, 0.15) is 37.5 Å². The number of fused-ring (bicyclic) bond motifs is 1. The zero-order valence-electron chi connectivity index (χ0n) is 12.6. The van der Waals surface area contributed by atoms with E-state index in [0.717, 1.165) is 38.2 Å². The molecular formula is C17H24N4. The van der Waals surface area contributed by atoms with Crippen molar-refractivity contribution in [1.29, 1.82) is 0 Å². The minimum atomic E-state index is 0.662. The van der Waals surface area contributed by atoms with Crippen LogP contribution in [0.25, 0.3) is 11.0 Å². The van der Waals surface area contributed by atoms with Gasteiger partial charge in [-0.2, -0.15) is 0 Å². The molecule has 2 aromatic rings. The summed E-state index contributed by atoms with van der Waals surface area (Å²) in [5.41, 5.74) is 2.49. The molecule has 0 amide bonds. The lowest BCUT2D eigenvalue weighted by Gasteiger charge is -2.27. The largest absolute Gasteiger partial charge is 0.324 e. The minimum absolute atomic E-state index is 0.662. The van der Waals surface area contributed by atoms with Gasteiger partial charge in [-0.1, -0.05) is 25.0 Å². The molecule has 4 rings (SSSR count). The van der Waals surface area contributed by atoms with Crippen LogP contribution < -0.4 is 5.32 Å². The van der Waals surface area contributed by atoms with Gasteiger partial charge >= 0.3 is 0 Å². The molecule has 2 aliphatic rings. The van der Waals surface area contributed by atoms with E-state index in [2.05, 4.69) is 39.0 Å². The van der Waals surface area contributed by atoms with Gasteiger partial charge in [0.1, 0.15) is 5.82 Å². The van der Waals surface area contributed by atoms with Gasteiger partial charge < -0.3 is 9.88 Å². The van der Waals surface area contributed by atoms with Crippen LogP contribution >= 0.6 is 0 Å². The number of benzene rings is 1. The van der Waals surface area contributed by atoms with Crippen molar-refractivity contribution in [3.8, 4) is 0 Å². The highest BCUT2D eigenvalue weighted by molar-refractivity contribution is 5.76. The molecule has 0 spiro atoms. The number of aromatic nitrogens is 2. The number of imidazole rings is 1. The van der Waals surface area contributed by atoms with Crippen molar-refractivity contribution >= 4 is 11.0 Å². The summed E-state index contributed by atoms with van der Waals surface area (Å²) in [5, 5.41) is 3.43. The highest BCUT2D eigenvalue weighted by atomic mass is 15.2. The predicted octanol–water partition coefficient (Wildman–Crippen LogP) is 2.56. The number of rotatable bonds is 3. The molecule has 2 heterocycles. The average Bonchev–Trinajstić information content (AvgIpc) is 3.14. The second-order valence-corrected chi connectivity index (χ2v) is 6.35. The van der Waals surface area contributed by atoms with Crippen molar-refractivity contribution < 1.29 is 0 Å². The summed E-state index contributed by atoms with van der Waals surface area (Å²) < 4.78 is 2.55. The quantitative estimate of drug-likeness (QED) is 0.940. The van der Waals surface area contributed by atoms with E-state index >= 15 is 0 Å². The van der Waals surface area contributed by atoms with Gasteiger partial charge in [0.25, 0.3) is 0 Å². The van der Waals surface area contributed by atoms with E-state index in [4.69, 9.17) is 4.98 Å². The molecule has 2 fully saturated rings. The normalized spacial score (nSPS) is 21.3. The van der Waals surface area contributed by atoms with Gasteiger partial charge in [-0.3, -0.25) is 4.90 Å². The van der Waals surface area contributed by atoms with Crippen LogP contribution in [0.4, 0.5) is 0 Å². The average molecular weight is 284 g/mol. The summed E-state index contributed by atoms with van der Waals surface area (Å²) in [4.78, 5) is 7.48. The van der Waals surface area contributed by atoms with Gasteiger partial charge in [-0.25, -0.2) is 4.98 Å². The molecule has 0 bridgehead atoms. The predicted molar refractivity (Wildman–Crippen MR) is 85.4 cm³/mol. The molecule has 1 saturated carbocycles. The molecule has 4 heteroatoms. The SMILES string of the molecule is c1ccc2c(c1)nc(CN1CCNCC1)n2C1CCCC1. The number of hydrogen-bond acceptors (Lipinski definition) is 3. The number of para-hydroxylation sites is 2. The second-order valence-electron chi connectivity index (χ2n) is 6.35. The van der Waals surface area contributed by atoms with Crippen LogP contribution in [0.2, 0.25) is 0 Å². The van der Waals surface area contributed by atoms with E-state index < -0.39 is 0 Å². The molecule has 1 N–H and O–H groups in total. The van der Waals surface area contributed by atoms with Crippen molar-refractivity contribution in [2.75, 3.05) is 26.2 Å². The fourth-order valence-corrected chi connectivity index (χ4v) is 3.85. The molecule has 21 heavy (non-hydrogen) atoms. The van der Waals surface area contributed by atoms with Gasteiger partial charge in [-0.05, 0) is 25.0 Å². The van der Waals surface area contributed by atoms with Crippen molar-refractivity contribution in [2.45, 2.75) is 38.3 Å². The Kier molecular flexibility index (Phi) is 3.65. The van der Waals surface area contributed by atoms with Crippen LogP contribution in [0.15, 0.2) is 24.3 Å². The van der Waals surface area contributed by atoms with E-state index in [9.17, 15) is 0 Å². The summed E-state index contributed by atoms with van der Waals surface area (Å²) in [6, 6.07) is 9.30. The van der Waals surface area contributed by atoms with Crippen molar-refractivity contribution in [3.05, 3.63) is 30.1 Å². The van der Waals surface area contributed by atoms with Crippen LogP contribution in [0, 0.1) is 0 Å². The van der Waals surface area contributed by atoms with Crippen LogP contribution in [-0.4, -0.2) is 40.6 Å². The number of nitrogens with zero attached hydrogens (tertiary/aromatic N) is 3. The molecule has 1 aliphatic heterocycles. The summed E-state index contributed by atoms with van der Waals surface area (Å²) in [6.45, 7) is 5.46. The molecule has 112 valence electrons. The first-order valence-electron chi connectivity index (χ1n) is 8.31. The lowest BCUT2D eigenvalue weighted by atomic mass is 10.2. The highest BCUT2D eigenvalue weighted by Crippen LogP contribution is 2.33. The highest BCUT2D eigenvalue weighted by Gasteiger charge is 2.23. The Morgan fingerprint density at radius 1 is 1.10 bits per heavy atom. The molecule has 4 nitrogen and oxygen atoms in total. The lowest BCUT2D eigenvalue weighted by Crippen LogP contribution is -2.43. The lowest BCUT2D eigenvalue weighted by molar-refractivity contribution is 0.223. The van der Waals surface area contributed by atoms with Crippen LogP contribution in [0.5, 0.6) is 0 Å². The van der Waals surface area contributed by atoms with Gasteiger partial charge in [-0.15, -0.1) is 0 Å². The summed E-state index contributed by atoms with van der Waals surface area (Å²) in [6.07, 6.45) is 5.36. The van der Waals surface area contributed by atoms with Crippen molar-refractivity contribution in [3.63, 3.8) is 0 Å². The maximum atomic E-state index is 4.95. The van der Waals surface area contributed by atoms with Gasteiger partial charge in [0.15, 0.2) is 0 Å². The molecule has 1 aromatic heterocycles. The van der Waals surface area contributed by atoms with Gasteiger partial charge in [0.05, 0.1) is 17.6 Å². The topological polar surface area (TPSA) is 33.1 Å². The van der Waals surface area contributed by atoms with Crippen molar-refractivity contribution in [1.82, 2.24) is 19.8 Å². The fraction of sp³-hybridized carbons (Fsp3) is 0.588. The molecule has 0 unspecified atom stereocenters. The Morgan fingerprint density at radius 2 is 1.86 bits per heavy atom. The maximum Gasteiger partial charge on any atom is 0.124 e. The van der Waals surface area contributed by atoms with E-state index in [0.29, 0.717) is 6.04 Å². The molecule has 1 aliphatic carbocycles. The first kappa shape index (κ1) is 13.3. The maximum absolute atomic E-state index is 4.95. The Bertz CT molecular complexity index is 606. The summed E-state index contributed by atoms with van der Waals surface area (Å²) in [5.74, 6) is 1.27. The Labute approximate surface area is 126 Å². The molecule has 0 radical (unpaired) electrons. The Hall–Kier alpha value is -1.39. The van der Waals surface area contributed by atoms with E-state index in [1.165, 1.54) is 37.0 Å². The van der Waals surface area contributed by atoms with Gasteiger partial charge in [0, 0.05) is 32.2 Å². The Morgan fingerprint density at radius 3 is 2.67 bits per heavy atom. The van der Waals surface area contributed by atoms with Crippen LogP contribution in [0.3, 0.4) is 0 Å². The zero-order valence-corrected chi connectivity index (χ0v) is 12.6. The zero-order chi connectivity index (χ0) is 14.1. The number of piperazine rings is 1. The van der Waals surface area contributed by atoms with E-state index in [1.807, 2.05) is 0 Å². The van der Waals surface area contributed by atoms with Gasteiger partial charge in [0.2, 0.25) is 0 Å². The molecule has 0 atom stereocenters. The third-order valence-corrected chi connectivity index (χ3v) is 4.93. The Balaban J connectivity index is 1.70. The fourth-order valence-electron chi connectivity index (χ4n) is 3.85. The first-order valence-corrected chi connectivity index (χ1v) is 8.31. The third-order valence-electron chi connectivity index (χ3n) is 4.93. The first-order chi connectivity index (χ1) is 10.4. The third kappa shape index (κ3) is 2.58. The smallest absolute Gasteiger partial charge is 0.124 e. The van der Waals surface area contributed by atoms with Crippen molar-refractivity contribution in [2.24, 2.45) is 0 Å². The monoisotopic (exact) mass is 284 g/mol. The summed E-state index contributed by atoms with van der Waals surface area (Å²) in [7, 11) is 0. The minimum Gasteiger partial charge on any atom is -0.324 e. The summed E-state index contributed by atoms with van der Waals surface area (Å²) >= 11 is 0.